The number of ether oxygens (including phenoxy) is 1. The first-order valence-corrected chi connectivity index (χ1v) is 5.59. The molecule has 1 aromatic heterocycles. The van der Waals surface area contributed by atoms with Gasteiger partial charge in [-0.25, -0.2) is 0 Å². The number of benzene rings is 1. The zero-order valence-corrected chi connectivity index (χ0v) is 10.5. The van der Waals surface area contributed by atoms with Gasteiger partial charge in [-0.15, -0.1) is 0 Å². The van der Waals surface area contributed by atoms with Crippen molar-refractivity contribution in [2.45, 2.75) is 13.0 Å². The maximum Gasteiger partial charge on any atom is 0.433 e. The molecule has 1 heterocycles. The Kier molecular flexibility index (Phi) is 3.52. The fraction of sp³-hybridized carbons (Fsp3) is 0.231. The van der Waals surface area contributed by atoms with Crippen molar-refractivity contribution < 1.29 is 19.2 Å². The van der Waals surface area contributed by atoms with Crippen LogP contribution < -0.4 is 4.74 Å². The van der Waals surface area contributed by atoms with Crippen LogP contribution in [0, 0.1) is 17.0 Å². The molecule has 0 amide bonds. The van der Waals surface area contributed by atoms with Gasteiger partial charge in [0.25, 0.3) is 0 Å². The molecular weight excluding hydrogens is 250 g/mol. The molecular formula is C13H13NO5. The zero-order valence-electron chi connectivity index (χ0n) is 10.5. The van der Waals surface area contributed by atoms with Crippen LogP contribution in [0.25, 0.3) is 0 Å². The van der Waals surface area contributed by atoms with Crippen molar-refractivity contribution in [3.63, 3.8) is 0 Å². The van der Waals surface area contributed by atoms with Crippen LogP contribution in [-0.4, -0.2) is 17.1 Å². The number of hydrogen-bond donors (Lipinski definition) is 1. The minimum atomic E-state index is -1.04. The molecule has 1 N–H and O–H groups in total. The molecule has 1 aromatic carbocycles. The molecule has 0 aliphatic carbocycles. The van der Waals surface area contributed by atoms with Crippen molar-refractivity contribution in [3.8, 4) is 5.75 Å². The molecule has 100 valence electrons. The highest BCUT2D eigenvalue weighted by Gasteiger charge is 2.20. The SMILES string of the molecule is COc1ccc(C(O)c2ccc([N+](=O)[O-])o2)c(C)c1. The number of furan rings is 1. The maximum absolute atomic E-state index is 10.5. The molecule has 6 nitrogen and oxygen atoms in total. The van der Waals surface area contributed by atoms with Gasteiger partial charge in [-0.05, 0) is 36.2 Å². The van der Waals surface area contributed by atoms with E-state index in [1.165, 1.54) is 12.1 Å². The smallest absolute Gasteiger partial charge is 0.433 e. The Balaban J connectivity index is 2.32. The van der Waals surface area contributed by atoms with Crippen LogP contribution in [0.2, 0.25) is 0 Å². The lowest BCUT2D eigenvalue weighted by Gasteiger charge is -2.12. The van der Waals surface area contributed by atoms with Crippen LogP contribution in [0.1, 0.15) is 23.0 Å². The molecule has 2 rings (SSSR count). The number of aryl methyl sites for hydroxylation is 1. The predicted molar refractivity (Wildman–Crippen MR) is 67.2 cm³/mol. The largest absolute Gasteiger partial charge is 0.497 e. The lowest BCUT2D eigenvalue weighted by atomic mass is 10.0. The first-order chi connectivity index (χ1) is 9.02. The van der Waals surface area contributed by atoms with E-state index in [-0.39, 0.29) is 11.6 Å². The third kappa shape index (κ3) is 2.58. The Morgan fingerprint density at radius 3 is 2.63 bits per heavy atom. The van der Waals surface area contributed by atoms with Crippen molar-refractivity contribution in [1.82, 2.24) is 0 Å². The maximum atomic E-state index is 10.5. The summed E-state index contributed by atoms with van der Waals surface area (Å²) >= 11 is 0. The summed E-state index contributed by atoms with van der Waals surface area (Å²) in [6.45, 7) is 1.82. The van der Waals surface area contributed by atoms with Gasteiger partial charge < -0.3 is 14.3 Å². The second-order valence-electron chi connectivity index (χ2n) is 4.06. The van der Waals surface area contributed by atoms with Crippen LogP contribution in [0.5, 0.6) is 5.75 Å². The van der Waals surface area contributed by atoms with Gasteiger partial charge in [0, 0.05) is 0 Å². The summed E-state index contributed by atoms with van der Waals surface area (Å²) in [5, 5.41) is 20.7. The molecule has 6 heteroatoms. The molecule has 0 aliphatic rings. The molecule has 2 aromatic rings. The van der Waals surface area contributed by atoms with Crippen LogP contribution in [0.15, 0.2) is 34.7 Å². The summed E-state index contributed by atoms with van der Waals surface area (Å²) < 4.78 is 10.1. The van der Waals surface area contributed by atoms with E-state index < -0.39 is 11.0 Å². The predicted octanol–water partition coefficient (Wildman–Crippen LogP) is 2.59. The first-order valence-electron chi connectivity index (χ1n) is 5.59. The summed E-state index contributed by atoms with van der Waals surface area (Å²) in [4.78, 5) is 9.90. The standard InChI is InChI=1S/C13H13NO5/c1-8-7-9(18-2)3-4-10(8)13(15)11-5-6-12(19-11)14(16)17/h3-7,13,15H,1-2H3. The molecule has 1 atom stereocenters. The molecule has 0 saturated heterocycles. The monoisotopic (exact) mass is 263 g/mol. The number of hydrogen-bond acceptors (Lipinski definition) is 5. The lowest BCUT2D eigenvalue weighted by molar-refractivity contribution is -0.402. The highest BCUT2D eigenvalue weighted by atomic mass is 16.6. The Labute approximate surface area is 109 Å². The Bertz CT molecular complexity index is 605. The summed E-state index contributed by atoms with van der Waals surface area (Å²) in [6.07, 6.45) is -1.04. The Morgan fingerprint density at radius 1 is 1.37 bits per heavy atom. The van der Waals surface area contributed by atoms with E-state index in [0.29, 0.717) is 11.3 Å². The van der Waals surface area contributed by atoms with Crippen LogP contribution in [-0.2, 0) is 0 Å². The van der Waals surface area contributed by atoms with Crippen molar-refractivity contribution in [2.24, 2.45) is 0 Å². The van der Waals surface area contributed by atoms with E-state index in [4.69, 9.17) is 9.15 Å². The van der Waals surface area contributed by atoms with Crippen molar-refractivity contribution in [3.05, 3.63) is 57.3 Å². The average molecular weight is 263 g/mol. The summed E-state index contributed by atoms with van der Waals surface area (Å²) in [6, 6.07) is 7.80. The molecule has 0 radical (unpaired) electrons. The van der Waals surface area contributed by atoms with E-state index in [1.807, 2.05) is 6.92 Å². The van der Waals surface area contributed by atoms with Gasteiger partial charge >= 0.3 is 5.88 Å². The minimum Gasteiger partial charge on any atom is -0.497 e. The van der Waals surface area contributed by atoms with Crippen molar-refractivity contribution >= 4 is 5.88 Å². The summed E-state index contributed by atoms with van der Waals surface area (Å²) in [7, 11) is 1.56. The summed E-state index contributed by atoms with van der Waals surface area (Å²) in [5.74, 6) is 0.430. The lowest BCUT2D eigenvalue weighted by Crippen LogP contribution is -2.01. The highest BCUT2D eigenvalue weighted by molar-refractivity contribution is 5.39. The van der Waals surface area contributed by atoms with Crippen LogP contribution in [0.3, 0.4) is 0 Å². The van der Waals surface area contributed by atoms with E-state index in [1.54, 1.807) is 25.3 Å². The molecule has 19 heavy (non-hydrogen) atoms. The molecule has 1 unspecified atom stereocenters. The quantitative estimate of drug-likeness (QED) is 0.676. The number of aliphatic hydroxyl groups excluding tert-OH is 1. The second-order valence-corrected chi connectivity index (χ2v) is 4.06. The average Bonchev–Trinajstić information content (AvgIpc) is 2.87. The third-order valence-electron chi connectivity index (χ3n) is 2.83. The normalized spacial score (nSPS) is 12.2. The van der Waals surface area contributed by atoms with Crippen LogP contribution >= 0.6 is 0 Å². The first kappa shape index (κ1) is 13.1. The number of rotatable bonds is 4. The van der Waals surface area contributed by atoms with Gasteiger partial charge in [0.1, 0.15) is 22.5 Å². The number of aliphatic hydroxyl groups is 1. The van der Waals surface area contributed by atoms with Gasteiger partial charge in [0.05, 0.1) is 13.2 Å². The number of methoxy groups -OCH3 is 1. The highest BCUT2D eigenvalue weighted by Crippen LogP contribution is 2.30. The number of nitro groups is 1. The summed E-state index contributed by atoms with van der Waals surface area (Å²) in [5.41, 5.74) is 1.43. The second kappa shape index (κ2) is 5.11. The van der Waals surface area contributed by atoms with E-state index in [0.717, 1.165) is 5.56 Å². The van der Waals surface area contributed by atoms with Gasteiger partial charge in [0.2, 0.25) is 0 Å². The third-order valence-corrected chi connectivity index (χ3v) is 2.83. The fourth-order valence-corrected chi connectivity index (χ4v) is 1.82. The topological polar surface area (TPSA) is 85.7 Å². The van der Waals surface area contributed by atoms with Gasteiger partial charge in [0.15, 0.2) is 0 Å². The molecule has 0 fully saturated rings. The van der Waals surface area contributed by atoms with E-state index in [2.05, 4.69) is 0 Å². The Hall–Kier alpha value is -2.34. The minimum absolute atomic E-state index is 0.139. The molecule has 0 aliphatic heterocycles. The van der Waals surface area contributed by atoms with Crippen molar-refractivity contribution in [2.75, 3.05) is 7.11 Å². The number of nitrogens with zero attached hydrogens (tertiary/aromatic N) is 1. The van der Waals surface area contributed by atoms with Gasteiger partial charge in [-0.1, -0.05) is 6.07 Å². The van der Waals surface area contributed by atoms with Crippen LogP contribution in [0.4, 0.5) is 5.88 Å². The Morgan fingerprint density at radius 2 is 2.11 bits per heavy atom. The molecule has 0 saturated carbocycles. The van der Waals surface area contributed by atoms with E-state index >= 15 is 0 Å². The van der Waals surface area contributed by atoms with Gasteiger partial charge in [-0.2, -0.15) is 0 Å². The van der Waals surface area contributed by atoms with Gasteiger partial charge in [-0.3, -0.25) is 10.1 Å². The van der Waals surface area contributed by atoms with E-state index in [9.17, 15) is 15.2 Å². The van der Waals surface area contributed by atoms with Crippen molar-refractivity contribution in [1.29, 1.82) is 0 Å². The fourth-order valence-electron chi connectivity index (χ4n) is 1.82. The molecule has 0 bridgehead atoms. The molecule has 0 spiro atoms. The zero-order chi connectivity index (χ0) is 14.0.